The zero-order valence-corrected chi connectivity index (χ0v) is 30.4. The molecule has 1 aliphatic rings. The van der Waals surface area contributed by atoms with E-state index in [9.17, 15) is 0 Å². The van der Waals surface area contributed by atoms with Crippen molar-refractivity contribution in [2.75, 3.05) is 0 Å². The molecule has 7 aromatic carbocycles. The molecule has 0 amide bonds. The first-order valence-corrected chi connectivity index (χ1v) is 18.8. The van der Waals surface area contributed by atoms with Gasteiger partial charge in [0, 0.05) is 34.0 Å². The van der Waals surface area contributed by atoms with E-state index in [-0.39, 0.29) is 6.04 Å². The number of fused-ring (bicyclic) bond motifs is 4. The van der Waals surface area contributed by atoms with Gasteiger partial charge in [0.15, 0.2) is 5.84 Å². The van der Waals surface area contributed by atoms with Gasteiger partial charge in [-0.05, 0) is 69.3 Å². The normalized spacial score (nSPS) is 14.2. The minimum absolute atomic E-state index is 0.0423. The predicted octanol–water partition coefficient (Wildman–Crippen LogP) is 12.6. The molecule has 0 aliphatic carbocycles. The van der Waals surface area contributed by atoms with Gasteiger partial charge in [-0.15, -0.1) is 0 Å². The van der Waals surface area contributed by atoms with Crippen molar-refractivity contribution in [1.29, 1.82) is 0 Å². The summed E-state index contributed by atoms with van der Waals surface area (Å²) in [6.07, 6.45) is 0.717. The largest absolute Gasteiger partial charge is 0.258 e. The highest BCUT2D eigenvalue weighted by atomic mass is 15.0. The van der Waals surface area contributed by atoms with Crippen LogP contribution in [-0.2, 0) is 0 Å². The van der Waals surface area contributed by atoms with Gasteiger partial charge >= 0.3 is 0 Å². The van der Waals surface area contributed by atoms with Crippen LogP contribution in [0.25, 0.3) is 66.1 Å². The zero-order chi connectivity index (χ0) is 36.7. The first-order valence-electron chi connectivity index (χ1n) is 18.8. The lowest BCUT2D eigenvalue weighted by atomic mass is 9.93. The second kappa shape index (κ2) is 13.7. The van der Waals surface area contributed by atoms with Gasteiger partial charge in [0.25, 0.3) is 0 Å². The lowest BCUT2D eigenvalue weighted by molar-refractivity contribution is 0.754. The molecule has 10 rings (SSSR count). The van der Waals surface area contributed by atoms with Gasteiger partial charge in [-0.3, -0.25) is 9.98 Å². The third-order valence-electron chi connectivity index (χ3n) is 10.7. The van der Waals surface area contributed by atoms with E-state index in [1.165, 1.54) is 27.5 Å². The molecule has 260 valence electrons. The molecule has 0 saturated carbocycles. The Morgan fingerprint density at radius 1 is 0.455 bits per heavy atom. The van der Waals surface area contributed by atoms with Gasteiger partial charge < -0.3 is 0 Å². The molecule has 0 fully saturated rings. The number of amidine groups is 1. The number of hydrogen-bond acceptors (Lipinski definition) is 4. The number of benzene rings is 7. The maximum Gasteiger partial charge on any atom is 0.155 e. The van der Waals surface area contributed by atoms with Crippen LogP contribution in [0, 0.1) is 6.92 Å². The molecule has 4 heteroatoms. The lowest BCUT2D eigenvalue weighted by Gasteiger charge is -2.22. The van der Waals surface area contributed by atoms with E-state index in [0.29, 0.717) is 0 Å². The highest BCUT2D eigenvalue weighted by Crippen LogP contribution is 2.35. The highest BCUT2D eigenvalue weighted by Gasteiger charge is 2.22. The Kier molecular flexibility index (Phi) is 8.15. The quantitative estimate of drug-likeness (QED) is 0.162. The molecule has 3 heterocycles. The van der Waals surface area contributed by atoms with Gasteiger partial charge in [-0.1, -0.05) is 164 Å². The third kappa shape index (κ3) is 6.28. The molecule has 0 bridgehead atoms. The van der Waals surface area contributed by atoms with Crippen LogP contribution in [0.2, 0.25) is 0 Å². The van der Waals surface area contributed by atoms with Crippen molar-refractivity contribution < 1.29 is 0 Å². The monoisotopic (exact) mass is 704 g/mol. The molecular formula is C51H36N4. The van der Waals surface area contributed by atoms with Crippen molar-refractivity contribution in [3.63, 3.8) is 0 Å². The molecule has 4 nitrogen and oxygen atoms in total. The Labute approximate surface area is 320 Å². The summed E-state index contributed by atoms with van der Waals surface area (Å²) in [7, 11) is 0. The SMILES string of the molecule is Cc1cc(-c2ccc(C3=NC(c4ccccc4)=NC(c4ccc(-c5ccccc5)cc4)C3)cc2)c2ccc3ccc(-c4ccc5ccccc5c4)nc3c2n1. The van der Waals surface area contributed by atoms with Crippen molar-refractivity contribution >= 4 is 44.1 Å². The second-order valence-electron chi connectivity index (χ2n) is 14.3. The van der Waals surface area contributed by atoms with E-state index in [4.69, 9.17) is 20.0 Å². The van der Waals surface area contributed by atoms with E-state index >= 15 is 0 Å². The Morgan fingerprint density at radius 3 is 1.85 bits per heavy atom. The summed E-state index contributed by atoms with van der Waals surface area (Å²) in [6, 6.07) is 64.2. The number of pyridine rings is 2. The molecular weight excluding hydrogens is 669 g/mol. The van der Waals surface area contributed by atoms with Gasteiger partial charge in [-0.2, -0.15) is 0 Å². The van der Waals surface area contributed by atoms with E-state index < -0.39 is 0 Å². The minimum Gasteiger partial charge on any atom is -0.258 e. The Bertz CT molecular complexity index is 2930. The van der Waals surface area contributed by atoms with Crippen molar-refractivity contribution in [2.45, 2.75) is 19.4 Å². The minimum atomic E-state index is -0.0423. The van der Waals surface area contributed by atoms with Crippen LogP contribution >= 0.6 is 0 Å². The maximum absolute atomic E-state index is 5.23. The van der Waals surface area contributed by atoms with Crippen LogP contribution < -0.4 is 0 Å². The number of aromatic nitrogens is 2. The van der Waals surface area contributed by atoms with Crippen LogP contribution in [0.15, 0.2) is 192 Å². The van der Waals surface area contributed by atoms with Gasteiger partial charge in [0.05, 0.1) is 28.5 Å². The van der Waals surface area contributed by atoms with E-state index in [1.54, 1.807) is 0 Å². The predicted molar refractivity (Wildman–Crippen MR) is 229 cm³/mol. The Hall–Kier alpha value is -7.04. The van der Waals surface area contributed by atoms with Crippen molar-refractivity contribution in [1.82, 2.24) is 9.97 Å². The first kappa shape index (κ1) is 32.6. The molecule has 0 radical (unpaired) electrons. The molecule has 0 spiro atoms. The fraction of sp³-hybridized carbons (Fsp3) is 0.0588. The molecule has 1 aliphatic heterocycles. The van der Waals surface area contributed by atoms with Crippen molar-refractivity contribution in [2.24, 2.45) is 9.98 Å². The molecule has 0 N–H and O–H groups in total. The lowest BCUT2D eigenvalue weighted by Crippen LogP contribution is -2.17. The summed E-state index contributed by atoms with van der Waals surface area (Å²) < 4.78 is 0. The third-order valence-corrected chi connectivity index (χ3v) is 10.7. The fourth-order valence-electron chi connectivity index (χ4n) is 7.80. The summed E-state index contributed by atoms with van der Waals surface area (Å²) in [4.78, 5) is 20.6. The van der Waals surface area contributed by atoms with E-state index in [1.807, 2.05) is 18.2 Å². The average Bonchev–Trinajstić information content (AvgIpc) is 3.26. The van der Waals surface area contributed by atoms with Gasteiger partial charge in [0.2, 0.25) is 0 Å². The molecule has 55 heavy (non-hydrogen) atoms. The zero-order valence-electron chi connectivity index (χ0n) is 30.4. The van der Waals surface area contributed by atoms with Gasteiger partial charge in [-0.25, -0.2) is 9.98 Å². The number of aliphatic imine (C=N–C) groups is 2. The topological polar surface area (TPSA) is 50.5 Å². The van der Waals surface area contributed by atoms with E-state index in [2.05, 4.69) is 171 Å². The highest BCUT2D eigenvalue weighted by molar-refractivity contribution is 6.14. The maximum atomic E-state index is 5.23. The first-order chi connectivity index (χ1) is 27.1. The number of nitrogens with zero attached hydrogens (tertiary/aromatic N) is 4. The average molecular weight is 705 g/mol. The molecule has 0 saturated heterocycles. The second-order valence-corrected chi connectivity index (χ2v) is 14.3. The summed E-state index contributed by atoms with van der Waals surface area (Å²) in [5.41, 5.74) is 13.8. The van der Waals surface area contributed by atoms with Crippen molar-refractivity contribution in [3.05, 3.63) is 204 Å². The smallest absolute Gasteiger partial charge is 0.155 e. The van der Waals surface area contributed by atoms with Crippen LogP contribution in [0.4, 0.5) is 0 Å². The summed E-state index contributed by atoms with van der Waals surface area (Å²) in [6.45, 7) is 2.07. The molecule has 1 unspecified atom stereocenters. The number of hydrogen-bond donors (Lipinski definition) is 0. The molecule has 9 aromatic rings. The number of rotatable bonds is 6. The van der Waals surface area contributed by atoms with Crippen LogP contribution in [0.5, 0.6) is 0 Å². The van der Waals surface area contributed by atoms with Crippen LogP contribution in [-0.4, -0.2) is 21.5 Å². The summed E-state index contributed by atoms with van der Waals surface area (Å²) in [5, 5.41) is 4.59. The summed E-state index contributed by atoms with van der Waals surface area (Å²) in [5.74, 6) is 0.765. The molecule has 1 atom stereocenters. The Morgan fingerprint density at radius 2 is 1.07 bits per heavy atom. The standard InChI is InChI=1S/C51H36N4/c1-33-30-45(44-28-26-40-27-29-46(53-49(40)50(44)52-33)43-25-18-35-12-8-9-15-42(35)31-43)37-19-23-39(24-20-37)48-32-47(54-51(55-48)41-13-6-3-7-14-41)38-21-16-36(17-22-38)34-10-4-2-5-11-34/h2-31,47H,32H2,1H3. The number of aryl methyl sites for hydroxylation is 1. The van der Waals surface area contributed by atoms with E-state index in [0.717, 1.165) is 79.0 Å². The van der Waals surface area contributed by atoms with Crippen LogP contribution in [0.3, 0.4) is 0 Å². The molecule has 2 aromatic heterocycles. The van der Waals surface area contributed by atoms with Gasteiger partial charge in [0.1, 0.15) is 0 Å². The van der Waals surface area contributed by atoms with Crippen LogP contribution in [0.1, 0.15) is 34.8 Å². The Balaban J connectivity index is 1.000. The summed E-state index contributed by atoms with van der Waals surface area (Å²) >= 11 is 0. The van der Waals surface area contributed by atoms with Crippen molar-refractivity contribution in [3.8, 4) is 33.5 Å². The fourth-order valence-corrected chi connectivity index (χ4v) is 7.80.